The van der Waals surface area contributed by atoms with Crippen molar-refractivity contribution in [3.05, 3.63) is 29.8 Å². The number of phenolic OH excluding ortho intramolecular Hbond substituents is 1. The second-order valence-electron chi connectivity index (χ2n) is 6.41. The topological polar surface area (TPSA) is 169 Å². The molecular formula is C17H24N2O8. The molecule has 150 valence electrons. The minimum Gasteiger partial charge on any atom is -0.508 e. The fourth-order valence-electron chi connectivity index (χ4n) is 2.94. The van der Waals surface area contributed by atoms with Gasteiger partial charge in [0.15, 0.2) is 0 Å². The second kappa shape index (κ2) is 9.11. The van der Waals surface area contributed by atoms with Crippen LogP contribution in [0.5, 0.6) is 5.75 Å². The van der Waals surface area contributed by atoms with Crippen LogP contribution in [0, 0.1) is 0 Å². The summed E-state index contributed by atoms with van der Waals surface area (Å²) in [7, 11) is 0. The molecule has 0 saturated carbocycles. The number of ether oxygens (including phenoxy) is 1. The van der Waals surface area contributed by atoms with Gasteiger partial charge < -0.3 is 35.6 Å². The summed E-state index contributed by atoms with van der Waals surface area (Å²) in [5, 5.41) is 53.5. The second-order valence-corrected chi connectivity index (χ2v) is 6.41. The number of benzene rings is 1. The summed E-state index contributed by atoms with van der Waals surface area (Å²) >= 11 is 0. The Morgan fingerprint density at radius 1 is 1.19 bits per heavy atom. The van der Waals surface area contributed by atoms with E-state index in [1.165, 1.54) is 19.1 Å². The highest BCUT2D eigenvalue weighted by atomic mass is 16.5. The van der Waals surface area contributed by atoms with Gasteiger partial charge >= 0.3 is 5.97 Å². The maximum Gasteiger partial charge on any atom is 0.321 e. The first-order valence-corrected chi connectivity index (χ1v) is 8.39. The lowest BCUT2D eigenvalue weighted by Crippen LogP contribution is -2.69. The van der Waals surface area contributed by atoms with Crippen LogP contribution in [0.3, 0.4) is 0 Å². The van der Waals surface area contributed by atoms with E-state index in [2.05, 4.69) is 10.6 Å². The van der Waals surface area contributed by atoms with Gasteiger partial charge in [-0.25, -0.2) is 0 Å². The zero-order valence-electron chi connectivity index (χ0n) is 14.6. The number of aliphatic carboxylic acids is 1. The van der Waals surface area contributed by atoms with Gasteiger partial charge in [-0.3, -0.25) is 14.9 Å². The fraction of sp³-hybridized carbons (Fsp3) is 0.529. The smallest absolute Gasteiger partial charge is 0.321 e. The average Bonchev–Trinajstić information content (AvgIpc) is 2.61. The third-order valence-corrected chi connectivity index (χ3v) is 4.34. The number of carbonyl (C=O) groups is 2. The minimum atomic E-state index is -1.47. The Hall–Kier alpha value is -2.24. The Kier molecular flexibility index (Phi) is 7.11. The molecule has 1 amide bonds. The lowest BCUT2D eigenvalue weighted by atomic mass is 9.95. The molecule has 0 bridgehead atoms. The van der Waals surface area contributed by atoms with E-state index in [1.807, 2.05) is 0 Å². The lowest BCUT2D eigenvalue weighted by molar-refractivity contribution is -0.205. The van der Waals surface area contributed by atoms with Gasteiger partial charge in [0.1, 0.15) is 36.3 Å². The third-order valence-electron chi connectivity index (χ3n) is 4.34. The Labute approximate surface area is 155 Å². The molecule has 1 aliphatic rings. The standard InChI is InChI=1S/C17H24N2O8/c1-8(21)18-13-15(24)14(23)12(7-20)27-16(13)19-11(17(25)26)6-9-2-4-10(22)5-3-9/h2-5,11-16,19-20,22-24H,6-7H2,1H3,(H,18,21)(H,25,26)/t11-,12+,13+,14+,15+,16?/m0/s1. The van der Waals surface area contributed by atoms with Crippen molar-refractivity contribution in [2.75, 3.05) is 6.61 Å². The first-order valence-electron chi connectivity index (χ1n) is 8.39. The molecule has 1 aliphatic heterocycles. The van der Waals surface area contributed by atoms with Crippen LogP contribution in [0.4, 0.5) is 0 Å². The van der Waals surface area contributed by atoms with Gasteiger partial charge in [0.2, 0.25) is 5.91 Å². The van der Waals surface area contributed by atoms with Crippen molar-refractivity contribution in [1.82, 2.24) is 10.6 Å². The van der Waals surface area contributed by atoms with E-state index in [0.29, 0.717) is 5.56 Å². The van der Waals surface area contributed by atoms with E-state index < -0.39 is 55.1 Å². The van der Waals surface area contributed by atoms with Crippen molar-refractivity contribution in [3.63, 3.8) is 0 Å². The first kappa shape index (κ1) is 21.1. The largest absolute Gasteiger partial charge is 0.508 e. The number of hydrogen-bond acceptors (Lipinski definition) is 8. The molecule has 1 saturated heterocycles. The van der Waals surface area contributed by atoms with Gasteiger partial charge in [0, 0.05) is 6.92 Å². The zero-order valence-corrected chi connectivity index (χ0v) is 14.6. The molecule has 1 unspecified atom stereocenters. The third kappa shape index (κ3) is 5.37. The SMILES string of the molecule is CC(=O)N[C@H]1C(N[C@@H](Cc2ccc(O)cc2)C(=O)O)O[C@H](CO)[C@@H](O)[C@@H]1O. The minimum absolute atomic E-state index is 0.0324. The monoisotopic (exact) mass is 384 g/mol. The molecule has 0 aliphatic carbocycles. The number of aromatic hydroxyl groups is 1. The molecule has 6 atom stereocenters. The lowest BCUT2D eigenvalue weighted by Gasteiger charge is -2.43. The maximum absolute atomic E-state index is 11.7. The highest BCUT2D eigenvalue weighted by molar-refractivity contribution is 5.74. The molecule has 1 aromatic carbocycles. The summed E-state index contributed by atoms with van der Waals surface area (Å²) in [6.07, 6.45) is -5.20. The van der Waals surface area contributed by atoms with Gasteiger partial charge in [-0.1, -0.05) is 12.1 Å². The quantitative estimate of drug-likeness (QED) is 0.279. The van der Waals surface area contributed by atoms with Gasteiger partial charge in [0.25, 0.3) is 0 Å². The van der Waals surface area contributed by atoms with Crippen molar-refractivity contribution >= 4 is 11.9 Å². The summed E-state index contributed by atoms with van der Waals surface area (Å²) in [6.45, 7) is 0.609. The summed E-state index contributed by atoms with van der Waals surface area (Å²) in [5.41, 5.74) is 0.624. The molecule has 0 radical (unpaired) electrons. The Morgan fingerprint density at radius 2 is 1.81 bits per heavy atom. The molecule has 27 heavy (non-hydrogen) atoms. The van der Waals surface area contributed by atoms with Crippen molar-refractivity contribution in [1.29, 1.82) is 0 Å². The van der Waals surface area contributed by atoms with Crippen molar-refractivity contribution in [2.24, 2.45) is 0 Å². The zero-order chi connectivity index (χ0) is 20.1. The van der Waals surface area contributed by atoms with Crippen molar-refractivity contribution < 1.29 is 39.9 Å². The van der Waals surface area contributed by atoms with Crippen molar-refractivity contribution in [3.8, 4) is 5.75 Å². The van der Waals surface area contributed by atoms with Crippen LogP contribution in [-0.2, 0) is 20.7 Å². The molecule has 1 heterocycles. The van der Waals surface area contributed by atoms with Crippen LogP contribution in [0.15, 0.2) is 24.3 Å². The Morgan fingerprint density at radius 3 is 2.33 bits per heavy atom. The first-order chi connectivity index (χ1) is 12.7. The van der Waals surface area contributed by atoms with E-state index in [0.717, 1.165) is 0 Å². The predicted octanol–water partition coefficient (Wildman–Crippen LogP) is -2.08. The molecule has 10 heteroatoms. The molecule has 1 fully saturated rings. The highest BCUT2D eigenvalue weighted by Gasteiger charge is 2.45. The highest BCUT2D eigenvalue weighted by Crippen LogP contribution is 2.21. The number of aliphatic hydroxyl groups excluding tert-OH is 3. The summed E-state index contributed by atoms with van der Waals surface area (Å²) in [6, 6.07) is 3.70. The molecule has 1 aromatic rings. The number of hydrogen-bond donors (Lipinski definition) is 7. The maximum atomic E-state index is 11.7. The number of amides is 1. The summed E-state index contributed by atoms with van der Waals surface area (Å²) in [4.78, 5) is 23.1. The number of nitrogens with one attached hydrogen (secondary N) is 2. The molecular weight excluding hydrogens is 360 g/mol. The van der Waals surface area contributed by atoms with E-state index in [1.54, 1.807) is 12.1 Å². The predicted molar refractivity (Wildman–Crippen MR) is 91.7 cm³/mol. The van der Waals surface area contributed by atoms with Gasteiger partial charge in [0.05, 0.1) is 12.6 Å². The van der Waals surface area contributed by atoms with Crippen LogP contribution in [0.2, 0.25) is 0 Å². The molecule has 0 aromatic heterocycles. The number of rotatable bonds is 7. The normalized spacial score (nSPS) is 29.1. The van der Waals surface area contributed by atoms with Crippen LogP contribution in [-0.4, -0.2) is 80.6 Å². The summed E-state index contributed by atoms with van der Waals surface area (Å²) < 4.78 is 5.48. The van der Waals surface area contributed by atoms with Crippen LogP contribution in [0.1, 0.15) is 12.5 Å². The molecule has 2 rings (SSSR count). The number of aliphatic hydroxyl groups is 3. The van der Waals surface area contributed by atoms with Crippen LogP contribution >= 0.6 is 0 Å². The molecule has 7 N–H and O–H groups in total. The van der Waals surface area contributed by atoms with E-state index in [-0.39, 0.29) is 12.2 Å². The van der Waals surface area contributed by atoms with Crippen LogP contribution in [0.25, 0.3) is 0 Å². The van der Waals surface area contributed by atoms with Crippen molar-refractivity contribution in [2.45, 2.75) is 50.0 Å². The fourth-order valence-corrected chi connectivity index (χ4v) is 2.94. The van der Waals surface area contributed by atoms with Gasteiger partial charge in [-0.15, -0.1) is 0 Å². The number of carboxylic acid groups (broad SMARTS) is 1. The summed E-state index contributed by atoms with van der Waals surface area (Å²) in [5.74, 6) is -1.66. The Balaban J connectivity index is 2.19. The van der Waals surface area contributed by atoms with Crippen LogP contribution < -0.4 is 10.6 Å². The Bertz CT molecular complexity index is 653. The number of carboxylic acids is 1. The average molecular weight is 384 g/mol. The number of carbonyl (C=O) groups excluding carboxylic acids is 1. The molecule has 10 nitrogen and oxygen atoms in total. The van der Waals surface area contributed by atoms with E-state index >= 15 is 0 Å². The van der Waals surface area contributed by atoms with E-state index in [9.17, 15) is 35.1 Å². The number of phenols is 1. The van der Waals surface area contributed by atoms with Gasteiger partial charge in [-0.05, 0) is 24.1 Å². The van der Waals surface area contributed by atoms with E-state index in [4.69, 9.17) is 4.74 Å². The van der Waals surface area contributed by atoms with Gasteiger partial charge in [-0.2, -0.15) is 0 Å². The molecule has 0 spiro atoms.